The predicted molar refractivity (Wildman–Crippen MR) is 77.6 cm³/mol. The van der Waals surface area contributed by atoms with Crippen LogP contribution in [-0.2, 0) is 10.0 Å². The first-order valence-corrected chi connectivity index (χ1v) is 7.93. The maximum atomic E-state index is 12.6. The highest BCUT2D eigenvalue weighted by molar-refractivity contribution is 7.89. The van der Waals surface area contributed by atoms with E-state index in [0.29, 0.717) is 17.7 Å². The van der Waals surface area contributed by atoms with Crippen LogP contribution in [0, 0.1) is 13.8 Å². The third-order valence-corrected chi connectivity index (χ3v) is 5.52. The molecule has 0 aliphatic rings. The molecule has 5 nitrogen and oxygen atoms in total. The maximum Gasteiger partial charge on any atom is 0.335 e. The molecular formula is C14H21NO4S. The monoisotopic (exact) mass is 299 g/mol. The highest BCUT2D eigenvalue weighted by Crippen LogP contribution is 2.25. The average molecular weight is 299 g/mol. The van der Waals surface area contributed by atoms with Crippen molar-refractivity contribution >= 4 is 16.0 Å². The summed E-state index contributed by atoms with van der Waals surface area (Å²) in [4.78, 5) is 11.2. The SMILES string of the molecule is CCN(C(C)C)S(=O)(=O)c1cc(C(=O)O)c(C)cc1C. The number of carbonyl (C=O) groups is 1. The van der Waals surface area contributed by atoms with Gasteiger partial charge < -0.3 is 5.11 Å². The minimum Gasteiger partial charge on any atom is -0.478 e. The van der Waals surface area contributed by atoms with E-state index >= 15 is 0 Å². The van der Waals surface area contributed by atoms with Gasteiger partial charge in [0.15, 0.2) is 0 Å². The molecule has 1 aromatic carbocycles. The Morgan fingerprint density at radius 2 is 1.80 bits per heavy atom. The Labute approximate surface area is 120 Å². The standard InChI is InChI=1S/C14H21NO4S/c1-6-15(9(2)3)20(18,19)13-8-12(14(16)17)10(4)7-11(13)5/h7-9H,6H2,1-5H3,(H,16,17). The summed E-state index contributed by atoms with van der Waals surface area (Å²) in [7, 11) is -3.68. The van der Waals surface area contributed by atoms with Crippen molar-refractivity contribution in [3.8, 4) is 0 Å². The van der Waals surface area contributed by atoms with Crippen LogP contribution >= 0.6 is 0 Å². The largest absolute Gasteiger partial charge is 0.478 e. The molecule has 112 valence electrons. The lowest BCUT2D eigenvalue weighted by atomic mass is 10.1. The van der Waals surface area contributed by atoms with Crippen LogP contribution in [0.25, 0.3) is 0 Å². The van der Waals surface area contributed by atoms with Crippen molar-refractivity contribution in [2.75, 3.05) is 6.54 Å². The van der Waals surface area contributed by atoms with Gasteiger partial charge in [-0.1, -0.05) is 13.0 Å². The Hall–Kier alpha value is -1.40. The Kier molecular flexibility index (Phi) is 4.94. The van der Waals surface area contributed by atoms with E-state index in [2.05, 4.69) is 0 Å². The number of carboxylic acid groups (broad SMARTS) is 1. The van der Waals surface area contributed by atoms with E-state index in [1.807, 2.05) is 0 Å². The number of aryl methyl sites for hydroxylation is 2. The first-order chi connectivity index (χ1) is 9.12. The minimum atomic E-state index is -3.68. The second kappa shape index (κ2) is 5.93. The third-order valence-electron chi connectivity index (χ3n) is 3.23. The van der Waals surface area contributed by atoms with Crippen molar-refractivity contribution in [1.29, 1.82) is 0 Å². The van der Waals surface area contributed by atoms with E-state index < -0.39 is 16.0 Å². The number of aromatic carboxylic acids is 1. The van der Waals surface area contributed by atoms with Crippen LogP contribution < -0.4 is 0 Å². The van der Waals surface area contributed by atoms with Crippen LogP contribution in [0.4, 0.5) is 0 Å². The summed E-state index contributed by atoms with van der Waals surface area (Å²) in [6.07, 6.45) is 0. The van der Waals surface area contributed by atoms with E-state index in [0.717, 1.165) is 0 Å². The highest BCUT2D eigenvalue weighted by atomic mass is 32.2. The van der Waals surface area contributed by atoms with Crippen LogP contribution in [0.5, 0.6) is 0 Å². The number of nitrogens with zero attached hydrogens (tertiary/aromatic N) is 1. The lowest BCUT2D eigenvalue weighted by molar-refractivity contribution is 0.0696. The fraction of sp³-hybridized carbons (Fsp3) is 0.500. The smallest absolute Gasteiger partial charge is 0.335 e. The highest BCUT2D eigenvalue weighted by Gasteiger charge is 2.28. The summed E-state index contributed by atoms with van der Waals surface area (Å²) in [5.74, 6) is -1.12. The van der Waals surface area contributed by atoms with Gasteiger partial charge in [0.25, 0.3) is 0 Å². The fourth-order valence-electron chi connectivity index (χ4n) is 2.28. The molecule has 0 atom stereocenters. The van der Waals surface area contributed by atoms with Crippen molar-refractivity contribution in [1.82, 2.24) is 4.31 Å². The van der Waals surface area contributed by atoms with Crippen LogP contribution in [-0.4, -0.2) is 36.4 Å². The quantitative estimate of drug-likeness (QED) is 0.906. The molecule has 0 unspecified atom stereocenters. The molecule has 6 heteroatoms. The molecule has 0 saturated carbocycles. The van der Waals surface area contributed by atoms with Gasteiger partial charge in [0.1, 0.15) is 0 Å². The van der Waals surface area contributed by atoms with Gasteiger partial charge in [-0.15, -0.1) is 0 Å². The van der Waals surface area contributed by atoms with Crippen LogP contribution in [0.15, 0.2) is 17.0 Å². The van der Waals surface area contributed by atoms with Gasteiger partial charge in [-0.05, 0) is 44.9 Å². The number of hydrogen-bond donors (Lipinski definition) is 1. The van der Waals surface area contributed by atoms with Crippen LogP contribution in [0.3, 0.4) is 0 Å². The summed E-state index contributed by atoms with van der Waals surface area (Å²) >= 11 is 0. The molecule has 0 spiro atoms. The molecule has 20 heavy (non-hydrogen) atoms. The zero-order valence-corrected chi connectivity index (χ0v) is 13.3. The van der Waals surface area contributed by atoms with E-state index in [9.17, 15) is 13.2 Å². The van der Waals surface area contributed by atoms with E-state index in [1.165, 1.54) is 10.4 Å². The van der Waals surface area contributed by atoms with Crippen molar-refractivity contribution in [3.05, 3.63) is 28.8 Å². The summed E-state index contributed by atoms with van der Waals surface area (Å²) in [5, 5.41) is 9.14. The molecule has 0 aliphatic carbocycles. The lowest BCUT2D eigenvalue weighted by Crippen LogP contribution is -2.37. The van der Waals surface area contributed by atoms with Gasteiger partial charge in [-0.2, -0.15) is 4.31 Å². The molecule has 1 N–H and O–H groups in total. The third kappa shape index (κ3) is 3.02. The minimum absolute atomic E-state index is 0.0222. The van der Waals surface area contributed by atoms with Gasteiger partial charge in [-0.3, -0.25) is 0 Å². The molecule has 0 aromatic heterocycles. The van der Waals surface area contributed by atoms with Crippen LogP contribution in [0.2, 0.25) is 0 Å². The maximum absolute atomic E-state index is 12.6. The van der Waals surface area contributed by atoms with E-state index in [4.69, 9.17) is 5.11 Å². The molecule has 0 heterocycles. The fourth-order valence-corrected chi connectivity index (χ4v) is 4.16. The first kappa shape index (κ1) is 16.7. The normalized spacial score (nSPS) is 12.2. The van der Waals surface area contributed by atoms with Crippen molar-refractivity contribution in [2.45, 2.75) is 45.6 Å². The molecular weight excluding hydrogens is 278 g/mol. The first-order valence-electron chi connectivity index (χ1n) is 6.49. The van der Waals surface area contributed by atoms with Gasteiger partial charge in [0.2, 0.25) is 10.0 Å². The second-order valence-electron chi connectivity index (χ2n) is 5.04. The molecule has 0 aliphatic heterocycles. The number of carboxylic acids is 1. The number of benzene rings is 1. The Morgan fingerprint density at radius 3 is 2.20 bits per heavy atom. The molecule has 0 fully saturated rings. The summed E-state index contributed by atoms with van der Waals surface area (Å²) in [5.41, 5.74) is 1.14. The molecule has 0 amide bonds. The average Bonchev–Trinajstić information content (AvgIpc) is 2.27. The lowest BCUT2D eigenvalue weighted by Gasteiger charge is -2.25. The summed E-state index contributed by atoms with van der Waals surface area (Å²) in [6.45, 7) is 9.03. The molecule has 0 radical (unpaired) electrons. The zero-order valence-electron chi connectivity index (χ0n) is 12.5. The van der Waals surface area contributed by atoms with E-state index in [-0.39, 0.29) is 16.5 Å². The molecule has 0 bridgehead atoms. The molecule has 1 rings (SSSR count). The van der Waals surface area contributed by atoms with Gasteiger partial charge >= 0.3 is 5.97 Å². The summed E-state index contributed by atoms with van der Waals surface area (Å²) < 4.78 is 26.6. The second-order valence-corrected chi connectivity index (χ2v) is 6.90. The van der Waals surface area contributed by atoms with Crippen molar-refractivity contribution in [3.63, 3.8) is 0 Å². The Balaban J connectivity index is 3.53. The van der Waals surface area contributed by atoms with Gasteiger partial charge in [-0.25, -0.2) is 13.2 Å². The topological polar surface area (TPSA) is 74.7 Å². The number of hydrogen-bond acceptors (Lipinski definition) is 3. The summed E-state index contributed by atoms with van der Waals surface area (Å²) in [6, 6.07) is 2.68. The Morgan fingerprint density at radius 1 is 1.25 bits per heavy atom. The van der Waals surface area contributed by atoms with Gasteiger partial charge in [0, 0.05) is 12.6 Å². The van der Waals surface area contributed by atoms with Gasteiger partial charge in [0.05, 0.1) is 10.5 Å². The van der Waals surface area contributed by atoms with Crippen molar-refractivity contribution in [2.24, 2.45) is 0 Å². The molecule has 0 saturated heterocycles. The number of sulfonamides is 1. The van der Waals surface area contributed by atoms with E-state index in [1.54, 1.807) is 40.7 Å². The zero-order chi connectivity index (χ0) is 15.7. The number of rotatable bonds is 5. The Bertz CT molecular complexity index is 620. The molecule has 1 aromatic rings. The van der Waals surface area contributed by atoms with Crippen molar-refractivity contribution < 1.29 is 18.3 Å². The van der Waals surface area contributed by atoms with Crippen LogP contribution in [0.1, 0.15) is 42.3 Å². The predicted octanol–water partition coefficient (Wildman–Crippen LogP) is 2.42.